The zero-order valence-electron chi connectivity index (χ0n) is 73.3. The lowest BCUT2D eigenvalue weighted by atomic mass is 9.93. The molecule has 59 nitrogen and oxygen atoms in total. The molecule has 5 amide bonds. The fraction of sp³-hybridized carbons (Fsp3) is 0.934. The molecule has 11 saturated heterocycles. The third-order valence-electron chi connectivity index (χ3n) is 24.9. The van der Waals surface area contributed by atoms with Gasteiger partial charge in [0.05, 0.1) is 71.7 Å². The number of carbonyl (C=O) groups excluding carboxylic acids is 5. The SMILES string of the molecule is CC(=O)N[C@H]1[C@H](O[C@H]2[C@H](O)[C@@H](NC(C)=O)C(O)O[C@@H]2CO[C@@H]2O[C@@H](C)[C@@H](O)[C@@H](O)[C@@H]2O)O[C@H](CO)[C@@H](O[C@@H]2O[C@H](CO[C@H]3O[C@H](CO)[C@@H](O)[C@H](O)[C@@H]3O[C@@H]3O[C@H](CO)[C@@H](O)[C@H](O)[C@H]3NC(C)=O)[C@@H](O[C@@H]3O[C@H](CO)[C@@H](O)[C@H](O)[C@H]3NC(C)=O)[C@H](O[C@H]3O[C@H](CO)[C@@H](O)[C@H](O)[C@@H]3O[C@@H]3O[C@H](CO)[C@@H](O[C@@H]4O[C@H](CO)[C@H](O)[C@H](O)[C@H]4O)[C@H](O[C@@H]4O[C@@H](C)[C@@H](O)[C@@H](O)[C@@H]4O)[C@H]3NC(C)=O)[C@@H]2O)[C@@H]1O. The third-order valence-corrected chi connectivity index (χ3v) is 24.9. The van der Waals surface area contributed by atoms with Crippen LogP contribution >= 0.6 is 0 Å². The van der Waals surface area contributed by atoms with Gasteiger partial charge in [0.1, 0.15) is 256 Å². The highest BCUT2D eigenvalue weighted by Crippen LogP contribution is 2.43. The number of nitrogens with one attached hydrogen (secondary N) is 5. The van der Waals surface area contributed by atoms with Gasteiger partial charge in [-0.2, -0.15) is 0 Å². The zero-order valence-corrected chi connectivity index (χ0v) is 73.3. The van der Waals surface area contributed by atoms with Gasteiger partial charge < -0.3 is 269 Å². The van der Waals surface area contributed by atoms with Gasteiger partial charge in [-0.15, -0.1) is 0 Å². The Balaban J connectivity index is 1.04. The van der Waals surface area contributed by atoms with E-state index < -0.39 is 426 Å². The molecule has 0 radical (unpaired) electrons. The highest BCUT2D eigenvalue weighted by molar-refractivity contribution is 5.75. The number of ether oxygens (including phenoxy) is 21. The molecule has 780 valence electrons. The number of aliphatic hydroxyl groups is 28. The second-order valence-corrected chi connectivity index (χ2v) is 34.5. The molecular weight excluding hydrogens is 1850 g/mol. The average Bonchev–Trinajstić information content (AvgIpc) is 0.753. The molecule has 11 aliphatic heterocycles. The molecule has 11 aliphatic rings. The summed E-state index contributed by atoms with van der Waals surface area (Å²) in [5, 5.41) is 330. The lowest BCUT2D eigenvalue weighted by molar-refractivity contribution is -0.411. The molecule has 11 heterocycles. The van der Waals surface area contributed by atoms with E-state index in [1.807, 2.05) is 0 Å². The lowest BCUT2D eigenvalue weighted by Crippen LogP contribution is -2.72. The molecule has 135 heavy (non-hydrogen) atoms. The summed E-state index contributed by atoms with van der Waals surface area (Å²) in [5.74, 6) is -4.95. The molecule has 11 rings (SSSR count). The molecule has 0 bridgehead atoms. The molecule has 0 aromatic rings. The van der Waals surface area contributed by atoms with Gasteiger partial charge in [0.25, 0.3) is 0 Å². The number of amides is 5. The van der Waals surface area contributed by atoms with Crippen LogP contribution in [0.1, 0.15) is 48.5 Å². The maximum absolute atomic E-state index is 13.8. The summed E-state index contributed by atoms with van der Waals surface area (Å²) < 4.78 is 129. The van der Waals surface area contributed by atoms with Crippen LogP contribution in [0.5, 0.6) is 0 Å². The van der Waals surface area contributed by atoms with Crippen molar-refractivity contribution in [3.8, 4) is 0 Å². The Hall–Kier alpha value is -4.61. The molecule has 0 aliphatic carbocycles. The number of rotatable bonds is 34. The van der Waals surface area contributed by atoms with Crippen molar-refractivity contribution in [3.63, 3.8) is 0 Å². The first kappa shape index (κ1) is 111. The smallest absolute Gasteiger partial charge is 0.217 e. The highest BCUT2D eigenvalue weighted by atomic mass is 16.8. The van der Waals surface area contributed by atoms with Crippen LogP contribution in [0.15, 0.2) is 0 Å². The Labute approximate surface area is 765 Å². The van der Waals surface area contributed by atoms with E-state index in [1.54, 1.807) is 0 Å². The molecule has 0 spiro atoms. The van der Waals surface area contributed by atoms with E-state index in [2.05, 4.69) is 26.6 Å². The van der Waals surface area contributed by atoms with Crippen molar-refractivity contribution >= 4 is 29.5 Å². The second-order valence-electron chi connectivity index (χ2n) is 34.5. The first-order valence-electron chi connectivity index (χ1n) is 43.4. The van der Waals surface area contributed by atoms with Crippen molar-refractivity contribution in [2.24, 2.45) is 0 Å². The van der Waals surface area contributed by atoms with Crippen LogP contribution in [0.25, 0.3) is 0 Å². The van der Waals surface area contributed by atoms with Crippen molar-refractivity contribution in [2.75, 3.05) is 59.5 Å². The maximum atomic E-state index is 13.8. The number of carbonyl (C=O) groups is 5. The van der Waals surface area contributed by atoms with Crippen molar-refractivity contribution < 1.29 is 266 Å². The van der Waals surface area contributed by atoms with E-state index in [0.717, 1.165) is 34.6 Å². The first-order valence-corrected chi connectivity index (χ1v) is 43.4. The summed E-state index contributed by atoms with van der Waals surface area (Å²) in [5.41, 5.74) is 0. The second kappa shape index (κ2) is 48.2. The topological polar surface area (TPSA) is 906 Å². The Kier molecular flexibility index (Phi) is 39.5. The Bertz CT molecular complexity index is 3750. The average molecular weight is 1970 g/mol. The van der Waals surface area contributed by atoms with E-state index in [-0.39, 0.29) is 0 Å². The first-order chi connectivity index (χ1) is 63.8. The van der Waals surface area contributed by atoms with Gasteiger partial charge in [-0.3, -0.25) is 24.0 Å². The van der Waals surface area contributed by atoms with Crippen molar-refractivity contribution in [2.45, 2.75) is 386 Å². The maximum Gasteiger partial charge on any atom is 0.217 e. The van der Waals surface area contributed by atoms with Gasteiger partial charge in [-0.1, -0.05) is 0 Å². The summed E-state index contributed by atoms with van der Waals surface area (Å²) in [6, 6.07) is -10.0. The third kappa shape index (κ3) is 24.7. The predicted molar refractivity (Wildman–Crippen MR) is 417 cm³/mol. The van der Waals surface area contributed by atoms with Crippen LogP contribution in [0.2, 0.25) is 0 Å². The van der Waals surface area contributed by atoms with Crippen molar-refractivity contribution in [3.05, 3.63) is 0 Å². The van der Waals surface area contributed by atoms with Crippen LogP contribution in [-0.4, -0.2) is 569 Å². The molecule has 55 atom stereocenters. The van der Waals surface area contributed by atoms with Gasteiger partial charge in [-0.05, 0) is 13.8 Å². The van der Waals surface area contributed by atoms with E-state index in [1.165, 1.54) is 13.8 Å². The largest absolute Gasteiger partial charge is 0.394 e. The molecule has 59 heteroatoms. The van der Waals surface area contributed by atoms with E-state index in [9.17, 15) is 167 Å². The van der Waals surface area contributed by atoms with Gasteiger partial charge in [0.15, 0.2) is 69.2 Å². The van der Waals surface area contributed by atoms with Crippen LogP contribution in [-0.2, 0) is 123 Å². The molecule has 33 N–H and O–H groups in total. The normalized spacial score (nSPS) is 49.5. The van der Waals surface area contributed by atoms with Gasteiger partial charge in [0.2, 0.25) is 29.5 Å². The summed E-state index contributed by atoms with van der Waals surface area (Å²) in [4.78, 5) is 65.9. The quantitative estimate of drug-likeness (QED) is 0.0284. The monoisotopic (exact) mass is 1970 g/mol. The summed E-state index contributed by atoms with van der Waals surface area (Å²) >= 11 is 0. The summed E-state index contributed by atoms with van der Waals surface area (Å²) in [6.07, 6.45) is -108. The Morgan fingerprint density at radius 1 is 0.207 bits per heavy atom. The van der Waals surface area contributed by atoms with Crippen LogP contribution in [0.3, 0.4) is 0 Å². The van der Waals surface area contributed by atoms with Gasteiger partial charge in [-0.25, -0.2) is 0 Å². The standard InChI is InChI=1S/C76H127N5O54/c1-17-38(94)49(105)54(110)71(117-17)115-15-31-59(47(103)33(66(114)119-31)77-19(3)89)128-69-36(80-22(6)92)48(104)58(29(13-87)125-69)129-74-57(113)63(61(130-67-34(78-20(4)90)45(101)40(96)24(8-82)120-67)32(127-74)16-116-75-64(52(108)43(99)27(11-85)123-75)134-68-35(79-21(5)91)46(102)41(97)25(9-83)121-68)133-76-65(53(109)44(100)28(12-86)124-76)135-70-37(81-23(7)93)62(132-72-55(111)50(106)39(95)18(2)118-72)60(30(14-88)126-70)131-73-56(112)51(107)42(98)26(10-84)122-73/h17-18,24-76,82-88,94-114H,8-16H2,1-7H3,(H,77,89)(H,78,90)(H,79,91)(H,80,92)(H,81,93)/t17-,18-,24+,25+,26+,27+,28+,29+,30+,31+,32+,33+,34+,35+,36+,37+,38+,39+,40+,41+,42-,43+,44+,45+,46+,47+,48+,49+,50+,51-,52-,53-,54-,55-,56+,57-,58+,59+,60+,61+,62+,63+,64-,65-,66?,67-,68-,69-,70-,71+,72-,73-,74-,75-,76+/m0/s1. The van der Waals surface area contributed by atoms with Gasteiger partial charge in [0, 0.05) is 34.6 Å². The fourth-order valence-corrected chi connectivity index (χ4v) is 17.6. The Morgan fingerprint density at radius 3 is 0.926 bits per heavy atom. The van der Waals surface area contributed by atoms with E-state index in [4.69, 9.17) is 99.5 Å². The van der Waals surface area contributed by atoms with Gasteiger partial charge >= 0.3 is 0 Å². The molecule has 0 saturated carbocycles. The van der Waals surface area contributed by atoms with Crippen LogP contribution < -0.4 is 26.6 Å². The van der Waals surface area contributed by atoms with E-state index in [0.29, 0.717) is 0 Å². The fourth-order valence-electron chi connectivity index (χ4n) is 17.6. The minimum atomic E-state index is -2.84. The highest BCUT2D eigenvalue weighted by Gasteiger charge is 2.64. The number of aliphatic hydroxyl groups excluding tert-OH is 28. The summed E-state index contributed by atoms with van der Waals surface area (Å²) in [6.45, 7) is -3.71. The number of hydrogen-bond donors (Lipinski definition) is 33. The predicted octanol–water partition coefficient (Wildman–Crippen LogP) is -22.2. The van der Waals surface area contributed by atoms with Crippen molar-refractivity contribution in [1.82, 2.24) is 26.6 Å². The molecule has 11 fully saturated rings. The van der Waals surface area contributed by atoms with Crippen molar-refractivity contribution in [1.29, 1.82) is 0 Å². The molecular formula is C76H127N5O54. The Morgan fingerprint density at radius 2 is 0.467 bits per heavy atom. The summed E-state index contributed by atoms with van der Waals surface area (Å²) in [7, 11) is 0. The van der Waals surface area contributed by atoms with E-state index >= 15 is 0 Å². The minimum absolute atomic E-state index is 0.873. The minimum Gasteiger partial charge on any atom is -0.394 e. The lowest BCUT2D eigenvalue weighted by Gasteiger charge is -2.53. The van der Waals surface area contributed by atoms with Crippen LogP contribution in [0, 0.1) is 0 Å². The van der Waals surface area contributed by atoms with Crippen LogP contribution in [0.4, 0.5) is 0 Å². The molecule has 1 unspecified atom stereocenters. The zero-order chi connectivity index (χ0) is 99.4. The number of hydrogen-bond acceptors (Lipinski definition) is 54. The molecule has 0 aromatic carbocycles. The molecule has 0 aromatic heterocycles.